The number of halogens is 1. The molecule has 0 aliphatic carbocycles. The fraction of sp³-hybridized carbons (Fsp3) is 0.375. The van der Waals surface area contributed by atoms with Crippen LogP contribution in [0, 0.1) is 6.92 Å². The van der Waals surface area contributed by atoms with Gasteiger partial charge in [0.25, 0.3) is 0 Å². The molecule has 14 heavy (non-hydrogen) atoms. The van der Waals surface area contributed by atoms with Gasteiger partial charge in [0.15, 0.2) is 0 Å². The van der Waals surface area contributed by atoms with E-state index in [0.717, 1.165) is 0 Å². The Morgan fingerprint density at radius 2 is 2.29 bits per heavy atom. The number of hydrogen-bond acceptors (Lipinski definition) is 5. The Balaban J connectivity index is 0.00000169. The molecular weight excluding hydrogens is 206 g/mol. The molecule has 0 fully saturated rings. The Labute approximate surface area is 88.1 Å². The fourth-order valence-electron chi connectivity index (χ4n) is 0.854. The molecule has 0 aromatic carbocycles. The van der Waals surface area contributed by atoms with E-state index in [4.69, 9.17) is 10.5 Å². The van der Waals surface area contributed by atoms with Crippen molar-refractivity contribution in [2.24, 2.45) is 0 Å². The number of esters is 1. The zero-order chi connectivity index (χ0) is 9.84. The minimum atomic E-state index is -0.486. The molecule has 0 spiro atoms. The number of anilines is 1. The first-order valence-corrected chi connectivity index (χ1v) is 3.91. The maximum Gasteiger partial charge on any atom is 0.343 e. The van der Waals surface area contributed by atoms with Crippen LogP contribution in [-0.4, -0.2) is 22.5 Å². The first-order valence-electron chi connectivity index (χ1n) is 3.91. The topological polar surface area (TPSA) is 78.1 Å². The van der Waals surface area contributed by atoms with Crippen molar-refractivity contribution < 1.29 is 9.53 Å². The lowest BCUT2D eigenvalue weighted by Gasteiger charge is -2.03. The van der Waals surface area contributed by atoms with E-state index in [0.29, 0.717) is 12.4 Å². The van der Waals surface area contributed by atoms with Crippen LogP contribution in [0.4, 0.5) is 5.82 Å². The van der Waals surface area contributed by atoms with Gasteiger partial charge in [-0.15, -0.1) is 12.4 Å². The second-order valence-corrected chi connectivity index (χ2v) is 2.44. The SMILES string of the molecule is CCOC(=O)c1cnc(C)nc1N.Cl. The van der Waals surface area contributed by atoms with Crippen molar-refractivity contribution in [3.8, 4) is 0 Å². The Hall–Kier alpha value is -1.36. The van der Waals surface area contributed by atoms with E-state index in [1.807, 2.05) is 0 Å². The lowest BCUT2D eigenvalue weighted by atomic mass is 10.3. The van der Waals surface area contributed by atoms with Gasteiger partial charge >= 0.3 is 5.97 Å². The highest BCUT2D eigenvalue weighted by Crippen LogP contribution is 2.08. The van der Waals surface area contributed by atoms with Crippen LogP contribution in [0.15, 0.2) is 6.20 Å². The van der Waals surface area contributed by atoms with Gasteiger partial charge in [-0.25, -0.2) is 14.8 Å². The second kappa shape index (κ2) is 5.39. The predicted molar refractivity (Wildman–Crippen MR) is 54.4 cm³/mol. The number of carbonyl (C=O) groups excluding carboxylic acids is 1. The van der Waals surface area contributed by atoms with Gasteiger partial charge in [-0.3, -0.25) is 0 Å². The number of rotatable bonds is 2. The number of carbonyl (C=O) groups is 1. The molecule has 0 saturated carbocycles. The Morgan fingerprint density at radius 1 is 1.64 bits per heavy atom. The number of aromatic nitrogens is 2. The number of nitrogens with two attached hydrogens (primary N) is 1. The van der Waals surface area contributed by atoms with E-state index in [2.05, 4.69) is 9.97 Å². The zero-order valence-corrected chi connectivity index (χ0v) is 8.80. The number of aryl methyl sites for hydroxylation is 1. The minimum absolute atomic E-state index is 0. The summed E-state index contributed by atoms with van der Waals surface area (Å²) in [7, 11) is 0. The van der Waals surface area contributed by atoms with Crippen molar-refractivity contribution in [1.29, 1.82) is 0 Å². The van der Waals surface area contributed by atoms with Gasteiger partial charge in [-0.05, 0) is 13.8 Å². The van der Waals surface area contributed by atoms with E-state index < -0.39 is 5.97 Å². The summed E-state index contributed by atoms with van der Waals surface area (Å²) < 4.78 is 4.75. The molecule has 5 nitrogen and oxygen atoms in total. The van der Waals surface area contributed by atoms with Crippen LogP contribution in [0.1, 0.15) is 23.1 Å². The third-order valence-corrected chi connectivity index (χ3v) is 1.43. The quantitative estimate of drug-likeness (QED) is 0.747. The molecule has 78 valence electrons. The van der Waals surface area contributed by atoms with Gasteiger partial charge in [0.1, 0.15) is 17.2 Å². The molecule has 1 aromatic heterocycles. The molecule has 1 aromatic rings. The second-order valence-electron chi connectivity index (χ2n) is 2.44. The normalized spacial score (nSPS) is 9.00. The van der Waals surface area contributed by atoms with Gasteiger partial charge in [0, 0.05) is 6.20 Å². The van der Waals surface area contributed by atoms with Crippen molar-refractivity contribution in [3.63, 3.8) is 0 Å². The van der Waals surface area contributed by atoms with Gasteiger partial charge in [-0.1, -0.05) is 0 Å². The molecule has 0 bridgehead atoms. The molecule has 2 N–H and O–H groups in total. The lowest BCUT2D eigenvalue weighted by molar-refractivity contribution is 0.0526. The molecule has 0 radical (unpaired) electrons. The Kier molecular flexibility index (Phi) is 4.86. The summed E-state index contributed by atoms with van der Waals surface area (Å²) in [4.78, 5) is 18.9. The molecule has 0 unspecified atom stereocenters. The standard InChI is InChI=1S/C8H11N3O2.ClH/c1-3-13-8(12)6-4-10-5(2)11-7(6)9;/h4H,3H2,1-2H3,(H2,9,10,11);1H. The molecular formula is C8H12ClN3O2. The summed E-state index contributed by atoms with van der Waals surface area (Å²) in [5.74, 6) is 0.205. The molecule has 6 heteroatoms. The van der Waals surface area contributed by atoms with E-state index in [9.17, 15) is 4.79 Å². The zero-order valence-electron chi connectivity index (χ0n) is 7.98. The van der Waals surface area contributed by atoms with Crippen LogP contribution >= 0.6 is 12.4 Å². The van der Waals surface area contributed by atoms with E-state index in [1.54, 1.807) is 13.8 Å². The third-order valence-electron chi connectivity index (χ3n) is 1.43. The maximum atomic E-state index is 11.2. The van der Waals surface area contributed by atoms with Crippen molar-refractivity contribution in [2.45, 2.75) is 13.8 Å². The average molecular weight is 218 g/mol. The summed E-state index contributed by atoms with van der Waals surface area (Å²) in [6, 6.07) is 0. The maximum absolute atomic E-state index is 11.2. The smallest absolute Gasteiger partial charge is 0.343 e. The molecule has 1 heterocycles. The summed E-state index contributed by atoms with van der Waals surface area (Å²) in [6.45, 7) is 3.74. The van der Waals surface area contributed by atoms with Crippen LogP contribution in [0.2, 0.25) is 0 Å². The van der Waals surface area contributed by atoms with Crippen LogP contribution in [0.3, 0.4) is 0 Å². The highest BCUT2D eigenvalue weighted by Gasteiger charge is 2.11. The van der Waals surface area contributed by atoms with Crippen LogP contribution in [0.25, 0.3) is 0 Å². The Morgan fingerprint density at radius 3 is 2.79 bits per heavy atom. The number of nitrogen functional groups attached to an aromatic ring is 1. The van der Waals surface area contributed by atoms with Crippen LogP contribution in [-0.2, 0) is 4.74 Å². The van der Waals surface area contributed by atoms with Crippen molar-refractivity contribution in [1.82, 2.24) is 9.97 Å². The molecule has 0 amide bonds. The largest absolute Gasteiger partial charge is 0.462 e. The van der Waals surface area contributed by atoms with Gasteiger partial charge in [-0.2, -0.15) is 0 Å². The first kappa shape index (κ1) is 12.6. The van der Waals surface area contributed by atoms with E-state index in [-0.39, 0.29) is 23.8 Å². The molecule has 0 atom stereocenters. The average Bonchev–Trinajstić information content (AvgIpc) is 2.04. The predicted octanol–water partition coefficient (Wildman–Crippen LogP) is 0.966. The number of ether oxygens (including phenoxy) is 1. The summed E-state index contributed by atoms with van der Waals surface area (Å²) in [5, 5.41) is 0. The number of nitrogens with zero attached hydrogens (tertiary/aromatic N) is 2. The number of hydrogen-bond donors (Lipinski definition) is 1. The van der Waals surface area contributed by atoms with Crippen molar-refractivity contribution in [3.05, 3.63) is 17.6 Å². The summed E-state index contributed by atoms with van der Waals surface area (Å²) in [6.07, 6.45) is 1.37. The van der Waals surface area contributed by atoms with E-state index in [1.165, 1.54) is 6.20 Å². The summed E-state index contributed by atoms with van der Waals surface area (Å²) in [5.41, 5.74) is 5.72. The highest BCUT2D eigenvalue weighted by molar-refractivity contribution is 5.93. The van der Waals surface area contributed by atoms with E-state index >= 15 is 0 Å². The third kappa shape index (κ3) is 2.85. The van der Waals surface area contributed by atoms with Crippen LogP contribution in [0.5, 0.6) is 0 Å². The molecule has 0 aliphatic heterocycles. The minimum Gasteiger partial charge on any atom is -0.462 e. The van der Waals surface area contributed by atoms with Crippen molar-refractivity contribution >= 4 is 24.2 Å². The van der Waals surface area contributed by atoms with Crippen molar-refractivity contribution in [2.75, 3.05) is 12.3 Å². The van der Waals surface area contributed by atoms with Gasteiger partial charge in [0.05, 0.1) is 6.61 Å². The molecule has 0 aliphatic rings. The summed E-state index contributed by atoms with van der Waals surface area (Å²) >= 11 is 0. The van der Waals surface area contributed by atoms with Gasteiger partial charge < -0.3 is 10.5 Å². The monoisotopic (exact) mass is 217 g/mol. The Bertz CT molecular complexity index is 330. The first-order chi connectivity index (χ1) is 6.15. The lowest BCUT2D eigenvalue weighted by Crippen LogP contribution is -2.10. The highest BCUT2D eigenvalue weighted by atomic mass is 35.5. The van der Waals surface area contributed by atoms with Crippen LogP contribution < -0.4 is 5.73 Å². The molecule has 0 saturated heterocycles. The fourth-order valence-corrected chi connectivity index (χ4v) is 0.854. The molecule has 1 rings (SSSR count). The van der Waals surface area contributed by atoms with Gasteiger partial charge in [0.2, 0.25) is 0 Å².